The number of fused-ring (bicyclic) bond motifs is 3. The van der Waals surface area contributed by atoms with Gasteiger partial charge < -0.3 is 10.1 Å². The van der Waals surface area contributed by atoms with E-state index in [1.54, 1.807) is 18.2 Å². The first-order valence-corrected chi connectivity index (χ1v) is 5.89. The van der Waals surface area contributed by atoms with Crippen molar-refractivity contribution in [3.63, 3.8) is 0 Å². The fourth-order valence-corrected chi connectivity index (χ4v) is 2.36. The van der Waals surface area contributed by atoms with Gasteiger partial charge in [-0.1, -0.05) is 15.9 Å². The molecule has 2 aromatic carbocycles. The Morgan fingerprint density at radius 1 is 1.06 bits per heavy atom. The van der Waals surface area contributed by atoms with Gasteiger partial charge >= 0.3 is 5.97 Å². The van der Waals surface area contributed by atoms with Gasteiger partial charge in [-0.05, 0) is 36.4 Å². The van der Waals surface area contributed by atoms with Crippen LogP contribution >= 0.6 is 15.9 Å². The lowest BCUT2D eigenvalue weighted by molar-refractivity contribution is 0.0697. The van der Waals surface area contributed by atoms with Crippen molar-refractivity contribution >= 4 is 43.7 Å². The van der Waals surface area contributed by atoms with Gasteiger partial charge in [0.2, 0.25) is 0 Å². The molecule has 0 spiro atoms. The van der Waals surface area contributed by atoms with E-state index in [0.29, 0.717) is 5.56 Å². The molecule has 0 radical (unpaired) electrons. The average Bonchev–Trinajstić information content (AvgIpc) is 2.66. The van der Waals surface area contributed by atoms with Gasteiger partial charge in [0.1, 0.15) is 0 Å². The summed E-state index contributed by atoms with van der Waals surface area (Å²) in [7, 11) is 0. The van der Waals surface area contributed by atoms with Gasteiger partial charge in [0.05, 0.1) is 5.56 Å². The molecular formula is C13H8BrNO2. The molecule has 0 amide bonds. The van der Waals surface area contributed by atoms with E-state index >= 15 is 0 Å². The molecule has 1 heterocycles. The van der Waals surface area contributed by atoms with Gasteiger partial charge in [-0.15, -0.1) is 0 Å². The van der Waals surface area contributed by atoms with Crippen LogP contribution in [0.2, 0.25) is 0 Å². The zero-order valence-electron chi connectivity index (χ0n) is 8.70. The number of hydrogen-bond donors (Lipinski definition) is 2. The molecule has 0 saturated heterocycles. The summed E-state index contributed by atoms with van der Waals surface area (Å²) in [6, 6.07) is 11.0. The van der Waals surface area contributed by atoms with Gasteiger partial charge in [-0.25, -0.2) is 4.79 Å². The molecule has 84 valence electrons. The van der Waals surface area contributed by atoms with Crippen LogP contribution in [0.1, 0.15) is 10.4 Å². The Bertz CT molecular complexity index is 746. The third-order valence-electron chi connectivity index (χ3n) is 2.81. The first-order valence-electron chi connectivity index (χ1n) is 5.09. The second-order valence-electron chi connectivity index (χ2n) is 3.88. The molecule has 3 rings (SSSR count). The SMILES string of the molecule is O=C(O)c1ccc2[nH]c3ccc(Br)cc3c2c1. The molecule has 3 aromatic rings. The number of H-pyrrole nitrogens is 1. The van der Waals surface area contributed by atoms with E-state index < -0.39 is 5.97 Å². The van der Waals surface area contributed by atoms with E-state index in [1.165, 1.54) is 0 Å². The summed E-state index contributed by atoms with van der Waals surface area (Å²) < 4.78 is 0.978. The average molecular weight is 290 g/mol. The fraction of sp³-hybridized carbons (Fsp3) is 0. The Labute approximate surface area is 105 Å². The lowest BCUT2D eigenvalue weighted by Crippen LogP contribution is -1.94. The van der Waals surface area contributed by atoms with Gasteiger partial charge in [-0.2, -0.15) is 0 Å². The molecule has 0 bridgehead atoms. The van der Waals surface area contributed by atoms with Crippen LogP contribution in [-0.2, 0) is 0 Å². The molecule has 0 unspecified atom stereocenters. The van der Waals surface area contributed by atoms with Crippen LogP contribution in [0.4, 0.5) is 0 Å². The Morgan fingerprint density at radius 2 is 1.71 bits per heavy atom. The third-order valence-corrected chi connectivity index (χ3v) is 3.30. The van der Waals surface area contributed by atoms with Crippen molar-refractivity contribution < 1.29 is 9.90 Å². The summed E-state index contributed by atoms with van der Waals surface area (Å²) >= 11 is 3.42. The molecule has 0 aliphatic heterocycles. The highest BCUT2D eigenvalue weighted by molar-refractivity contribution is 9.10. The van der Waals surface area contributed by atoms with Crippen LogP contribution in [-0.4, -0.2) is 16.1 Å². The van der Waals surface area contributed by atoms with Crippen LogP contribution in [0, 0.1) is 0 Å². The minimum Gasteiger partial charge on any atom is -0.478 e. The molecule has 0 fully saturated rings. The standard InChI is InChI=1S/C13H8BrNO2/c14-8-2-4-12-10(6-8)9-5-7(13(16)17)1-3-11(9)15-12/h1-6,15H,(H,16,17). The summed E-state index contributed by atoms with van der Waals surface area (Å²) in [5, 5.41) is 10.9. The van der Waals surface area contributed by atoms with Crippen LogP contribution in [0.5, 0.6) is 0 Å². The number of aromatic amines is 1. The molecule has 0 aliphatic rings. The maximum Gasteiger partial charge on any atom is 0.335 e. The lowest BCUT2D eigenvalue weighted by atomic mass is 10.1. The number of aromatic carboxylic acids is 1. The summed E-state index contributed by atoms with van der Waals surface area (Å²) in [6.07, 6.45) is 0. The second-order valence-corrected chi connectivity index (χ2v) is 4.80. The Hall–Kier alpha value is -1.81. The zero-order chi connectivity index (χ0) is 12.0. The second kappa shape index (κ2) is 3.60. The van der Waals surface area contributed by atoms with Crippen molar-refractivity contribution in [2.24, 2.45) is 0 Å². The van der Waals surface area contributed by atoms with Crippen LogP contribution in [0.15, 0.2) is 40.9 Å². The normalized spacial score (nSPS) is 11.1. The topological polar surface area (TPSA) is 53.1 Å². The minimum absolute atomic E-state index is 0.304. The molecule has 3 nitrogen and oxygen atoms in total. The molecule has 17 heavy (non-hydrogen) atoms. The summed E-state index contributed by atoms with van der Waals surface area (Å²) in [5.41, 5.74) is 2.26. The van der Waals surface area contributed by atoms with E-state index in [4.69, 9.17) is 5.11 Å². The number of halogens is 1. The zero-order valence-corrected chi connectivity index (χ0v) is 10.3. The Balaban J connectivity index is 2.43. The number of aromatic nitrogens is 1. The first kappa shape index (κ1) is 10.4. The number of carboxylic acids is 1. The van der Waals surface area contributed by atoms with E-state index in [2.05, 4.69) is 20.9 Å². The predicted molar refractivity (Wildman–Crippen MR) is 70.5 cm³/mol. The summed E-state index contributed by atoms with van der Waals surface area (Å²) in [5.74, 6) is -0.906. The quantitative estimate of drug-likeness (QED) is 0.716. The molecule has 0 aliphatic carbocycles. The number of hydrogen-bond acceptors (Lipinski definition) is 1. The third kappa shape index (κ3) is 1.61. The maximum atomic E-state index is 11.0. The van der Waals surface area contributed by atoms with Crippen molar-refractivity contribution in [3.05, 3.63) is 46.4 Å². The number of rotatable bonds is 1. The van der Waals surface area contributed by atoms with Gasteiger partial charge in [-0.3, -0.25) is 0 Å². The first-order chi connectivity index (χ1) is 8.15. The minimum atomic E-state index is -0.906. The molecule has 0 saturated carbocycles. The Kier molecular flexibility index (Phi) is 2.19. The van der Waals surface area contributed by atoms with Crippen molar-refractivity contribution in [1.82, 2.24) is 4.98 Å². The van der Waals surface area contributed by atoms with E-state index in [9.17, 15) is 4.79 Å². The molecule has 0 atom stereocenters. The van der Waals surface area contributed by atoms with Crippen LogP contribution in [0.25, 0.3) is 21.8 Å². The lowest BCUT2D eigenvalue weighted by Gasteiger charge is -1.95. The number of nitrogens with one attached hydrogen (secondary N) is 1. The predicted octanol–water partition coefficient (Wildman–Crippen LogP) is 3.78. The molecule has 1 aromatic heterocycles. The van der Waals surface area contributed by atoms with Crippen molar-refractivity contribution in [2.75, 3.05) is 0 Å². The fourth-order valence-electron chi connectivity index (χ4n) is 2.00. The highest BCUT2D eigenvalue weighted by Crippen LogP contribution is 2.28. The molecular weight excluding hydrogens is 282 g/mol. The van der Waals surface area contributed by atoms with Crippen molar-refractivity contribution in [3.8, 4) is 0 Å². The van der Waals surface area contributed by atoms with Crippen molar-refractivity contribution in [1.29, 1.82) is 0 Å². The van der Waals surface area contributed by atoms with Gasteiger partial charge in [0.25, 0.3) is 0 Å². The summed E-state index contributed by atoms with van der Waals surface area (Å²) in [6.45, 7) is 0. The number of carboxylic acid groups (broad SMARTS) is 1. The van der Waals surface area contributed by atoms with Gasteiger partial charge in [0, 0.05) is 26.3 Å². The molecule has 4 heteroatoms. The smallest absolute Gasteiger partial charge is 0.335 e. The Morgan fingerprint density at radius 3 is 2.41 bits per heavy atom. The van der Waals surface area contributed by atoms with Crippen LogP contribution < -0.4 is 0 Å². The van der Waals surface area contributed by atoms with Crippen molar-refractivity contribution in [2.45, 2.75) is 0 Å². The molecule has 2 N–H and O–H groups in total. The van der Waals surface area contributed by atoms with E-state index in [-0.39, 0.29) is 0 Å². The summed E-state index contributed by atoms with van der Waals surface area (Å²) in [4.78, 5) is 14.2. The highest BCUT2D eigenvalue weighted by atomic mass is 79.9. The maximum absolute atomic E-state index is 11.0. The largest absolute Gasteiger partial charge is 0.478 e. The van der Waals surface area contributed by atoms with Gasteiger partial charge in [0.15, 0.2) is 0 Å². The highest BCUT2D eigenvalue weighted by Gasteiger charge is 2.08. The number of benzene rings is 2. The van der Waals surface area contributed by atoms with E-state index in [0.717, 1.165) is 26.3 Å². The monoisotopic (exact) mass is 289 g/mol. The van der Waals surface area contributed by atoms with E-state index in [1.807, 2.05) is 18.2 Å². The number of carbonyl (C=O) groups is 1. The van der Waals surface area contributed by atoms with Crippen LogP contribution in [0.3, 0.4) is 0 Å².